The smallest absolute Gasteiger partial charge is 0.315 e. The molecule has 3 fully saturated rings. The molecular weight excluding hydrogens is 264 g/mol. The number of urea groups is 1. The van der Waals surface area contributed by atoms with Crippen molar-refractivity contribution < 1.29 is 4.79 Å². The highest BCUT2D eigenvalue weighted by atomic mass is 16.2. The van der Waals surface area contributed by atoms with E-state index in [0.29, 0.717) is 18.1 Å². The minimum Gasteiger partial charge on any atom is -0.337 e. The van der Waals surface area contributed by atoms with E-state index in [0.717, 1.165) is 32.0 Å². The quantitative estimate of drug-likeness (QED) is 0.806. The van der Waals surface area contributed by atoms with Gasteiger partial charge in [-0.2, -0.15) is 0 Å². The van der Waals surface area contributed by atoms with Crippen LogP contribution in [-0.2, 0) is 0 Å². The summed E-state index contributed by atoms with van der Waals surface area (Å²) in [5, 5.41) is 6.21. The molecule has 1 aliphatic carbocycles. The number of nitrogens with one attached hydrogen (secondary N) is 2. The third kappa shape index (κ3) is 3.89. The maximum atomic E-state index is 12.0. The Morgan fingerprint density at radius 3 is 2.48 bits per heavy atom. The average Bonchev–Trinajstić information content (AvgIpc) is 3.24. The Bertz CT molecular complexity index is 357. The molecule has 0 radical (unpaired) electrons. The standard InChI is InChI=1S/C16H30N4O/c1-19(13-6-7-13)9-8-17-16(21)18-12-10-14-4-3-5-15(11-12)20(14)2/h12-15H,3-11H2,1-2H3,(H2,17,18,21). The average molecular weight is 294 g/mol. The fourth-order valence-electron chi connectivity index (χ4n) is 4.01. The van der Waals surface area contributed by atoms with Crippen molar-refractivity contribution in [3.05, 3.63) is 0 Å². The highest BCUT2D eigenvalue weighted by Crippen LogP contribution is 2.32. The first-order chi connectivity index (χ1) is 10.1. The van der Waals surface area contributed by atoms with Crippen LogP contribution >= 0.6 is 0 Å². The number of fused-ring (bicyclic) bond motifs is 2. The van der Waals surface area contributed by atoms with E-state index in [1.165, 1.54) is 32.1 Å². The van der Waals surface area contributed by atoms with Gasteiger partial charge in [-0.25, -0.2) is 4.79 Å². The van der Waals surface area contributed by atoms with E-state index in [1.54, 1.807) is 0 Å². The van der Waals surface area contributed by atoms with Crippen LogP contribution in [0.5, 0.6) is 0 Å². The van der Waals surface area contributed by atoms with Crippen LogP contribution in [0.1, 0.15) is 44.9 Å². The summed E-state index contributed by atoms with van der Waals surface area (Å²) in [5.41, 5.74) is 0. The van der Waals surface area contributed by atoms with E-state index in [2.05, 4.69) is 34.5 Å². The van der Waals surface area contributed by atoms with Crippen LogP contribution in [0.2, 0.25) is 0 Å². The summed E-state index contributed by atoms with van der Waals surface area (Å²) in [6.45, 7) is 1.70. The highest BCUT2D eigenvalue weighted by molar-refractivity contribution is 5.74. The maximum absolute atomic E-state index is 12.0. The topological polar surface area (TPSA) is 47.6 Å². The van der Waals surface area contributed by atoms with E-state index in [-0.39, 0.29) is 6.03 Å². The molecule has 2 amide bonds. The first kappa shape index (κ1) is 15.1. The fourth-order valence-corrected chi connectivity index (χ4v) is 4.01. The molecule has 2 bridgehead atoms. The molecule has 3 aliphatic rings. The molecule has 2 aliphatic heterocycles. The van der Waals surface area contributed by atoms with E-state index in [4.69, 9.17) is 0 Å². The molecule has 2 saturated heterocycles. The third-order valence-electron chi connectivity index (χ3n) is 5.60. The highest BCUT2D eigenvalue weighted by Gasteiger charge is 2.36. The summed E-state index contributed by atoms with van der Waals surface area (Å²) in [5.74, 6) is 0. The Morgan fingerprint density at radius 1 is 1.19 bits per heavy atom. The summed E-state index contributed by atoms with van der Waals surface area (Å²) in [7, 11) is 4.40. The monoisotopic (exact) mass is 294 g/mol. The van der Waals surface area contributed by atoms with Gasteiger partial charge in [0.05, 0.1) is 0 Å². The van der Waals surface area contributed by atoms with Crippen molar-refractivity contribution in [2.24, 2.45) is 0 Å². The first-order valence-corrected chi connectivity index (χ1v) is 8.60. The lowest BCUT2D eigenvalue weighted by atomic mass is 9.82. The van der Waals surface area contributed by atoms with Crippen LogP contribution in [0.25, 0.3) is 0 Å². The molecule has 21 heavy (non-hydrogen) atoms. The van der Waals surface area contributed by atoms with Crippen LogP contribution < -0.4 is 10.6 Å². The number of rotatable bonds is 5. The summed E-state index contributed by atoms with van der Waals surface area (Å²) in [6, 6.07) is 2.49. The van der Waals surface area contributed by atoms with Crippen molar-refractivity contribution >= 4 is 6.03 Å². The van der Waals surface area contributed by atoms with Gasteiger partial charge in [-0.1, -0.05) is 6.42 Å². The van der Waals surface area contributed by atoms with Crippen molar-refractivity contribution in [1.29, 1.82) is 0 Å². The zero-order valence-corrected chi connectivity index (χ0v) is 13.5. The van der Waals surface area contributed by atoms with Gasteiger partial charge in [0.25, 0.3) is 0 Å². The van der Waals surface area contributed by atoms with Gasteiger partial charge in [0, 0.05) is 37.3 Å². The Morgan fingerprint density at radius 2 is 1.86 bits per heavy atom. The van der Waals surface area contributed by atoms with E-state index < -0.39 is 0 Å². The molecule has 2 N–H and O–H groups in total. The predicted octanol–water partition coefficient (Wildman–Crippen LogP) is 1.40. The second kappa shape index (κ2) is 6.53. The summed E-state index contributed by atoms with van der Waals surface area (Å²) >= 11 is 0. The maximum Gasteiger partial charge on any atom is 0.315 e. The second-order valence-electron chi connectivity index (χ2n) is 7.18. The largest absolute Gasteiger partial charge is 0.337 e. The number of nitrogens with zero attached hydrogens (tertiary/aromatic N) is 2. The predicted molar refractivity (Wildman–Crippen MR) is 84.4 cm³/mol. The number of likely N-dealkylation sites (N-methyl/N-ethyl adjacent to an activating group) is 1. The number of hydrogen-bond donors (Lipinski definition) is 2. The SMILES string of the molecule is CN(CCNC(=O)NC1CC2CCCC(C1)N2C)C1CC1. The van der Waals surface area contributed by atoms with Crippen LogP contribution in [0, 0.1) is 0 Å². The Balaban J connectivity index is 1.36. The summed E-state index contributed by atoms with van der Waals surface area (Å²) in [4.78, 5) is 16.9. The second-order valence-corrected chi connectivity index (χ2v) is 7.18. The molecule has 0 spiro atoms. The molecule has 2 atom stereocenters. The molecule has 120 valence electrons. The van der Waals surface area contributed by atoms with Crippen molar-refractivity contribution in [2.45, 2.75) is 69.1 Å². The van der Waals surface area contributed by atoms with Gasteiger partial charge in [-0.15, -0.1) is 0 Å². The molecular formula is C16H30N4O. The summed E-state index contributed by atoms with van der Waals surface area (Å²) in [6.07, 6.45) is 8.80. The molecule has 1 saturated carbocycles. The van der Waals surface area contributed by atoms with Gasteiger partial charge in [0.1, 0.15) is 0 Å². The number of carbonyl (C=O) groups excluding carboxylic acids is 1. The van der Waals surface area contributed by atoms with Gasteiger partial charge in [0.2, 0.25) is 0 Å². The molecule has 2 unspecified atom stereocenters. The lowest BCUT2D eigenvalue weighted by Crippen LogP contribution is -2.56. The molecule has 5 heteroatoms. The minimum absolute atomic E-state index is 0.0202. The fraction of sp³-hybridized carbons (Fsp3) is 0.938. The summed E-state index contributed by atoms with van der Waals surface area (Å²) < 4.78 is 0. The molecule has 5 nitrogen and oxygen atoms in total. The number of hydrogen-bond acceptors (Lipinski definition) is 3. The molecule has 0 aromatic heterocycles. The number of amides is 2. The first-order valence-electron chi connectivity index (χ1n) is 8.60. The van der Waals surface area contributed by atoms with Gasteiger partial charge < -0.3 is 20.4 Å². The normalized spacial score (nSPS) is 33.0. The molecule has 0 aromatic rings. The van der Waals surface area contributed by atoms with Gasteiger partial charge >= 0.3 is 6.03 Å². The van der Waals surface area contributed by atoms with Crippen LogP contribution in [0.4, 0.5) is 4.79 Å². The van der Waals surface area contributed by atoms with Crippen molar-refractivity contribution in [2.75, 3.05) is 27.2 Å². The van der Waals surface area contributed by atoms with Crippen LogP contribution in [0.15, 0.2) is 0 Å². The van der Waals surface area contributed by atoms with Gasteiger partial charge in [0.15, 0.2) is 0 Å². The lowest BCUT2D eigenvalue weighted by Gasteiger charge is -2.47. The lowest BCUT2D eigenvalue weighted by molar-refractivity contribution is 0.0509. The van der Waals surface area contributed by atoms with Crippen molar-refractivity contribution in [1.82, 2.24) is 20.4 Å². The van der Waals surface area contributed by atoms with Crippen molar-refractivity contribution in [3.8, 4) is 0 Å². The van der Waals surface area contributed by atoms with E-state index in [1.807, 2.05) is 0 Å². The van der Waals surface area contributed by atoms with Crippen LogP contribution in [0.3, 0.4) is 0 Å². The Hall–Kier alpha value is -0.810. The van der Waals surface area contributed by atoms with E-state index in [9.17, 15) is 4.79 Å². The van der Waals surface area contributed by atoms with Crippen LogP contribution in [-0.4, -0.2) is 67.2 Å². The molecule has 3 rings (SSSR count). The Labute approximate surface area is 128 Å². The van der Waals surface area contributed by atoms with Gasteiger partial charge in [-0.05, 0) is 52.6 Å². The molecule has 0 aromatic carbocycles. The van der Waals surface area contributed by atoms with Gasteiger partial charge in [-0.3, -0.25) is 0 Å². The number of carbonyl (C=O) groups is 1. The Kier molecular flexibility index (Phi) is 4.69. The van der Waals surface area contributed by atoms with Crippen molar-refractivity contribution in [3.63, 3.8) is 0 Å². The van der Waals surface area contributed by atoms with E-state index >= 15 is 0 Å². The zero-order valence-electron chi connectivity index (χ0n) is 13.5. The molecule has 2 heterocycles. The zero-order chi connectivity index (χ0) is 14.8. The minimum atomic E-state index is 0.0202. The number of piperidine rings is 2. The third-order valence-corrected chi connectivity index (χ3v) is 5.60.